The molecule has 0 saturated heterocycles. The fourth-order valence-electron chi connectivity index (χ4n) is 3.86. The lowest BCUT2D eigenvalue weighted by Gasteiger charge is -2.50. The normalized spacial score (nSPS) is 26.0. The summed E-state index contributed by atoms with van der Waals surface area (Å²) >= 11 is 5.76. The fraction of sp³-hybridized carbons (Fsp3) is 0.350. The van der Waals surface area contributed by atoms with E-state index in [0.717, 1.165) is 0 Å². The van der Waals surface area contributed by atoms with Crippen molar-refractivity contribution >= 4 is 23.5 Å². The smallest absolute Gasteiger partial charge is 0.331 e. The van der Waals surface area contributed by atoms with Crippen molar-refractivity contribution < 1.29 is 23.0 Å². The van der Waals surface area contributed by atoms with Gasteiger partial charge < -0.3 is 20.5 Å². The third-order valence-electron chi connectivity index (χ3n) is 5.04. The highest BCUT2D eigenvalue weighted by Gasteiger charge is 2.68. The van der Waals surface area contributed by atoms with E-state index in [1.54, 1.807) is 32.0 Å². The molecule has 0 saturated carbocycles. The van der Waals surface area contributed by atoms with Crippen LogP contribution >= 0.6 is 11.6 Å². The number of benzene rings is 1. The Morgan fingerprint density at radius 3 is 2.70 bits per heavy atom. The van der Waals surface area contributed by atoms with Crippen LogP contribution in [0, 0.1) is 0 Å². The van der Waals surface area contributed by atoms with Crippen LogP contribution in [0.3, 0.4) is 0 Å². The minimum Gasteiger partial charge on any atom is -0.487 e. The van der Waals surface area contributed by atoms with Crippen LogP contribution in [-0.2, 0) is 10.3 Å². The van der Waals surface area contributed by atoms with Gasteiger partial charge in [0.15, 0.2) is 5.54 Å². The standard InChI is InChI=1S/C20H19ClF2N4O3/c1-18(2)10-19(12-5-3-4-6-14(12)30-18)20(22,23)16(29-17(24)27-19)26-15(28)13-8-7-11(21)9-25-13/h3-9,16H,10H2,1-2H3,(H2,24,27)(H,26,28)/t16?,19-/m1/s1. The lowest BCUT2D eigenvalue weighted by atomic mass is 9.72. The van der Waals surface area contributed by atoms with E-state index in [-0.39, 0.29) is 23.4 Å². The zero-order valence-corrected chi connectivity index (χ0v) is 16.9. The molecule has 30 heavy (non-hydrogen) atoms. The first-order valence-corrected chi connectivity index (χ1v) is 9.53. The first-order chi connectivity index (χ1) is 14.0. The number of nitrogens with two attached hydrogens (primary N) is 1. The zero-order chi connectivity index (χ0) is 21.7. The van der Waals surface area contributed by atoms with Crippen LogP contribution in [0.1, 0.15) is 36.3 Å². The number of nitrogens with zero attached hydrogens (tertiary/aromatic N) is 2. The predicted molar refractivity (Wildman–Crippen MR) is 106 cm³/mol. The van der Waals surface area contributed by atoms with Gasteiger partial charge in [-0.05, 0) is 32.0 Å². The minimum absolute atomic E-state index is 0.0957. The van der Waals surface area contributed by atoms with Crippen molar-refractivity contribution in [1.82, 2.24) is 10.3 Å². The van der Waals surface area contributed by atoms with E-state index in [4.69, 9.17) is 26.8 Å². The van der Waals surface area contributed by atoms with Gasteiger partial charge in [-0.2, -0.15) is 8.78 Å². The monoisotopic (exact) mass is 436 g/mol. The molecule has 7 nitrogen and oxygen atoms in total. The molecule has 1 unspecified atom stereocenters. The summed E-state index contributed by atoms with van der Waals surface area (Å²) in [6.45, 7) is 3.38. The molecule has 0 bridgehead atoms. The van der Waals surface area contributed by atoms with Gasteiger partial charge in [-0.25, -0.2) is 9.98 Å². The lowest BCUT2D eigenvalue weighted by molar-refractivity contribution is -0.192. The number of carbonyl (C=O) groups is 1. The number of nitrogens with one attached hydrogen (secondary N) is 1. The van der Waals surface area contributed by atoms with E-state index < -0.39 is 35.2 Å². The Hall–Kier alpha value is -2.94. The van der Waals surface area contributed by atoms with Gasteiger partial charge in [-0.1, -0.05) is 29.8 Å². The van der Waals surface area contributed by atoms with E-state index in [1.165, 1.54) is 24.4 Å². The molecule has 2 atom stereocenters. The summed E-state index contributed by atoms with van der Waals surface area (Å²) in [5.41, 5.74) is 2.82. The number of carbonyl (C=O) groups excluding carboxylic acids is 1. The molecule has 1 amide bonds. The maximum atomic E-state index is 15.9. The number of amidine groups is 1. The molecule has 2 aliphatic rings. The van der Waals surface area contributed by atoms with Crippen LogP contribution in [-0.4, -0.2) is 34.7 Å². The topological polar surface area (TPSA) is 98.8 Å². The van der Waals surface area contributed by atoms with Gasteiger partial charge in [0.2, 0.25) is 6.23 Å². The number of hydrogen-bond acceptors (Lipinski definition) is 6. The quantitative estimate of drug-likeness (QED) is 0.753. The molecule has 0 fully saturated rings. The Kier molecular flexibility index (Phi) is 4.61. The number of halogens is 3. The van der Waals surface area contributed by atoms with E-state index in [0.29, 0.717) is 5.02 Å². The lowest BCUT2D eigenvalue weighted by Crippen LogP contribution is -2.66. The number of amides is 1. The number of aromatic nitrogens is 1. The third kappa shape index (κ3) is 3.23. The third-order valence-corrected chi connectivity index (χ3v) is 5.27. The number of alkyl halides is 2. The molecule has 158 valence electrons. The molecule has 1 aromatic carbocycles. The van der Waals surface area contributed by atoms with Crippen molar-refractivity contribution in [2.75, 3.05) is 0 Å². The maximum Gasteiger partial charge on any atom is 0.331 e. The Labute approximate surface area is 176 Å². The zero-order valence-electron chi connectivity index (χ0n) is 16.2. The van der Waals surface area contributed by atoms with Crippen molar-refractivity contribution in [2.24, 2.45) is 10.7 Å². The first kappa shape index (κ1) is 20.3. The molecule has 1 aromatic heterocycles. The SMILES string of the molecule is CC1(C)C[C@@]2(N=C(N)OC(NC(=O)c3ccc(Cl)cn3)C2(F)F)c2ccccc2O1. The van der Waals surface area contributed by atoms with E-state index in [2.05, 4.69) is 15.3 Å². The second-order valence-corrected chi connectivity index (χ2v) is 8.24. The Morgan fingerprint density at radius 2 is 2.00 bits per heavy atom. The number of aliphatic imine (C=N–C) groups is 1. The van der Waals surface area contributed by atoms with Gasteiger partial charge in [0.25, 0.3) is 11.9 Å². The summed E-state index contributed by atoms with van der Waals surface area (Å²) in [6.07, 6.45) is -1.01. The van der Waals surface area contributed by atoms with Crippen molar-refractivity contribution in [3.63, 3.8) is 0 Å². The highest BCUT2D eigenvalue weighted by Crippen LogP contribution is 2.56. The van der Waals surface area contributed by atoms with Crippen molar-refractivity contribution in [3.8, 4) is 5.75 Å². The highest BCUT2D eigenvalue weighted by molar-refractivity contribution is 6.30. The summed E-state index contributed by atoms with van der Waals surface area (Å²) in [4.78, 5) is 20.4. The Morgan fingerprint density at radius 1 is 1.27 bits per heavy atom. The number of fused-ring (bicyclic) bond motifs is 2. The summed E-state index contributed by atoms with van der Waals surface area (Å²) in [6, 6.07) is 8.70. The number of hydrogen-bond donors (Lipinski definition) is 2. The molecule has 0 radical (unpaired) electrons. The minimum atomic E-state index is -3.66. The van der Waals surface area contributed by atoms with E-state index in [9.17, 15) is 4.79 Å². The number of ether oxygens (including phenoxy) is 2. The van der Waals surface area contributed by atoms with Gasteiger partial charge in [0.1, 0.15) is 17.0 Å². The predicted octanol–water partition coefficient (Wildman–Crippen LogP) is 3.23. The number of para-hydroxylation sites is 1. The van der Waals surface area contributed by atoms with Gasteiger partial charge >= 0.3 is 5.92 Å². The molecule has 3 heterocycles. The second-order valence-electron chi connectivity index (χ2n) is 7.80. The van der Waals surface area contributed by atoms with E-state index in [1.807, 2.05) is 0 Å². The summed E-state index contributed by atoms with van der Waals surface area (Å²) in [7, 11) is 0. The molecular weight excluding hydrogens is 418 g/mol. The van der Waals surface area contributed by atoms with E-state index >= 15 is 8.78 Å². The average molecular weight is 437 g/mol. The molecule has 1 spiro atoms. The van der Waals surface area contributed by atoms with Gasteiger partial charge in [-0.3, -0.25) is 4.79 Å². The summed E-state index contributed by atoms with van der Waals surface area (Å²) < 4.78 is 42.8. The molecule has 2 aliphatic heterocycles. The van der Waals surface area contributed by atoms with Crippen molar-refractivity contribution in [3.05, 3.63) is 58.9 Å². The summed E-state index contributed by atoms with van der Waals surface area (Å²) in [5, 5.41) is 2.49. The Balaban J connectivity index is 1.76. The van der Waals surface area contributed by atoms with Crippen LogP contribution < -0.4 is 15.8 Å². The molecular formula is C20H19ClF2N4O3. The Bertz CT molecular complexity index is 1030. The van der Waals surface area contributed by atoms with Gasteiger partial charge in [0, 0.05) is 18.2 Å². The van der Waals surface area contributed by atoms with Gasteiger partial charge in [-0.15, -0.1) is 0 Å². The van der Waals surface area contributed by atoms with Crippen molar-refractivity contribution in [1.29, 1.82) is 0 Å². The summed E-state index contributed by atoms with van der Waals surface area (Å²) in [5.74, 6) is -4.24. The van der Waals surface area contributed by atoms with Crippen LogP contribution in [0.5, 0.6) is 5.75 Å². The van der Waals surface area contributed by atoms with Crippen LogP contribution in [0.15, 0.2) is 47.6 Å². The second kappa shape index (κ2) is 6.80. The van der Waals surface area contributed by atoms with Crippen molar-refractivity contribution in [2.45, 2.75) is 43.6 Å². The molecule has 10 heteroatoms. The maximum absolute atomic E-state index is 15.9. The van der Waals surface area contributed by atoms with Crippen LogP contribution in [0.4, 0.5) is 8.78 Å². The van der Waals surface area contributed by atoms with Crippen LogP contribution in [0.2, 0.25) is 5.02 Å². The average Bonchev–Trinajstić information content (AvgIpc) is 2.65. The first-order valence-electron chi connectivity index (χ1n) is 9.15. The highest BCUT2D eigenvalue weighted by atomic mass is 35.5. The largest absolute Gasteiger partial charge is 0.487 e. The molecule has 2 aromatic rings. The number of rotatable bonds is 2. The molecule has 4 rings (SSSR count). The molecule has 0 aliphatic carbocycles. The van der Waals surface area contributed by atoms with Crippen LogP contribution in [0.25, 0.3) is 0 Å². The van der Waals surface area contributed by atoms with Gasteiger partial charge in [0.05, 0.1) is 5.02 Å². The number of pyridine rings is 1. The fourth-order valence-corrected chi connectivity index (χ4v) is 3.98. The molecule has 3 N–H and O–H groups in total.